The van der Waals surface area contributed by atoms with Crippen LogP contribution in [0.25, 0.3) is 0 Å². The number of amides is 2. The van der Waals surface area contributed by atoms with Gasteiger partial charge in [-0.1, -0.05) is 13.0 Å². The van der Waals surface area contributed by atoms with Crippen LogP contribution in [-0.2, 0) is 11.2 Å². The molecule has 8 heteroatoms. The third-order valence-corrected chi connectivity index (χ3v) is 6.97. The fraction of sp³-hybridized carbons (Fsp3) is 0.560. The molecular formula is C25H35N3O4S. The lowest BCUT2D eigenvalue weighted by Crippen LogP contribution is -2.42. The van der Waals surface area contributed by atoms with Crippen LogP contribution in [0.1, 0.15) is 73.1 Å². The standard InChI is InChI=1S/C25H35N3O4S/c1-6-19-8-9-21(33-19)23(29)27-20(18-7-10-22(31-5)26-16-18)15-17-11-13-28(14-12-17)24(30)32-25(2,3)4/h7-10,16-17,20H,6,11-15H2,1-5H3,(H,27,29)/t20-/m0/s1. The molecule has 3 rings (SSSR count). The Balaban J connectivity index is 1.67. The highest BCUT2D eigenvalue weighted by Crippen LogP contribution is 2.30. The zero-order valence-corrected chi connectivity index (χ0v) is 21.0. The molecule has 1 saturated heterocycles. The van der Waals surface area contributed by atoms with Crippen molar-refractivity contribution in [3.8, 4) is 5.88 Å². The van der Waals surface area contributed by atoms with Gasteiger partial charge in [0.2, 0.25) is 5.88 Å². The minimum absolute atomic E-state index is 0.0632. The molecule has 2 aromatic rings. The molecule has 0 bridgehead atoms. The summed E-state index contributed by atoms with van der Waals surface area (Å²) >= 11 is 1.53. The van der Waals surface area contributed by atoms with Crippen LogP contribution >= 0.6 is 11.3 Å². The molecule has 2 aromatic heterocycles. The molecular weight excluding hydrogens is 438 g/mol. The molecule has 0 aliphatic carbocycles. The number of rotatable bonds is 7. The number of ether oxygens (including phenoxy) is 2. The Morgan fingerprint density at radius 1 is 1.21 bits per heavy atom. The molecule has 1 N–H and O–H groups in total. The Morgan fingerprint density at radius 2 is 1.94 bits per heavy atom. The van der Waals surface area contributed by atoms with Crippen molar-refractivity contribution in [3.05, 3.63) is 45.8 Å². The Bertz CT molecular complexity index is 928. The van der Waals surface area contributed by atoms with Gasteiger partial charge in [-0.05, 0) is 70.1 Å². The van der Waals surface area contributed by atoms with E-state index in [2.05, 4.69) is 17.2 Å². The van der Waals surface area contributed by atoms with Gasteiger partial charge in [0, 0.05) is 30.2 Å². The van der Waals surface area contributed by atoms with Gasteiger partial charge in [-0.2, -0.15) is 0 Å². The van der Waals surface area contributed by atoms with E-state index in [-0.39, 0.29) is 18.0 Å². The average molecular weight is 474 g/mol. The number of likely N-dealkylation sites (tertiary alicyclic amines) is 1. The van der Waals surface area contributed by atoms with Crippen molar-refractivity contribution >= 4 is 23.3 Å². The van der Waals surface area contributed by atoms with E-state index in [9.17, 15) is 9.59 Å². The SMILES string of the molecule is CCc1ccc(C(=O)N[C@@H](CC2CCN(C(=O)OC(C)(C)C)CC2)c2ccc(OC)nc2)s1. The molecule has 0 aromatic carbocycles. The van der Waals surface area contributed by atoms with Gasteiger partial charge in [0.25, 0.3) is 5.91 Å². The molecule has 0 radical (unpaired) electrons. The van der Waals surface area contributed by atoms with Crippen LogP contribution in [0.3, 0.4) is 0 Å². The molecule has 33 heavy (non-hydrogen) atoms. The summed E-state index contributed by atoms with van der Waals surface area (Å²) < 4.78 is 10.7. The normalized spacial score (nSPS) is 15.7. The Labute approximate surface area is 200 Å². The topological polar surface area (TPSA) is 80.8 Å². The van der Waals surface area contributed by atoms with Crippen LogP contribution in [0.4, 0.5) is 4.79 Å². The van der Waals surface area contributed by atoms with E-state index in [4.69, 9.17) is 9.47 Å². The van der Waals surface area contributed by atoms with Crippen molar-refractivity contribution in [1.29, 1.82) is 0 Å². The van der Waals surface area contributed by atoms with Gasteiger partial charge in [-0.15, -0.1) is 11.3 Å². The van der Waals surface area contributed by atoms with E-state index < -0.39 is 5.60 Å². The fourth-order valence-corrected chi connectivity index (χ4v) is 4.78. The average Bonchev–Trinajstić information content (AvgIpc) is 3.27. The van der Waals surface area contributed by atoms with Crippen molar-refractivity contribution in [3.63, 3.8) is 0 Å². The molecule has 0 unspecified atom stereocenters. The second kappa shape index (κ2) is 11.0. The number of nitrogens with one attached hydrogen (secondary N) is 1. The largest absolute Gasteiger partial charge is 0.481 e. The first-order valence-corrected chi connectivity index (χ1v) is 12.4. The van der Waals surface area contributed by atoms with Crippen LogP contribution in [0, 0.1) is 5.92 Å². The van der Waals surface area contributed by atoms with Crippen LogP contribution in [0.5, 0.6) is 5.88 Å². The van der Waals surface area contributed by atoms with Gasteiger partial charge in [0.15, 0.2) is 0 Å². The number of hydrogen-bond acceptors (Lipinski definition) is 6. The Kier molecular flexibility index (Phi) is 8.35. The van der Waals surface area contributed by atoms with Gasteiger partial charge >= 0.3 is 6.09 Å². The minimum Gasteiger partial charge on any atom is -0.481 e. The van der Waals surface area contributed by atoms with Crippen LogP contribution < -0.4 is 10.1 Å². The third-order valence-electron chi connectivity index (χ3n) is 5.75. The quantitative estimate of drug-likeness (QED) is 0.596. The first kappa shape index (κ1) is 25.0. The van der Waals surface area contributed by atoms with E-state index in [1.165, 1.54) is 16.2 Å². The van der Waals surface area contributed by atoms with Gasteiger partial charge in [-0.25, -0.2) is 9.78 Å². The smallest absolute Gasteiger partial charge is 0.410 e. The summed E-state index contributed by atoms with van der Waals surface area (Å²) in [5.41, 5.74) is 0.454. The lowest BCUT2D eigenvalue weighted by molar-refractivity contribution is 0.0178. The number of methoxy groups -OCH3 is 1. The third kappa shape index (κ3) is 7.19. The van der Waals surface area contributed by atoms with E-state index in [0.717, 1.165) is 36.1 Å². The predicted octanol–water partition coefficient (Wildman–Crippen LogP) is 5.22. The lowest BCUT2D eigenvalue weighted by atomic mass is 9.88. The number of aromatic nitrogens is 1. The van der Waals surface area contributed by atoms with Crippen molar-refractivity contribution in [2.24, 2.45) is 5.92 Å². The lowest BCUT2D eigenvalue weighted by Gasteiger charge is -2.34. The number of pyridine rings is 1. The van der Waals surface area contributed by atoms with Gasteiger partial charge < -0.3 is 19.7 Å². The molecule has 1 aliphatic heterocycles. The van der Waals surface area contributed by atoms with Gasteiger partial charge in [0.1, 0.15) is 5.60 Å². The second-order valence-electron chi connectivity index (χ2n) is 9.43. The summed E-state index contributed by atoms with van der Waals surface area (Å²) in [6, 6.07) is 7.51. The number of hydrogen-bond donors (Lipinski definition) is 1. The van der Waals surface area contributed by atoms with Gasteiger partial charge in [-0.3, -0.25) is 4.79 Å². The summed E-state index contributed by atoms with van der Waals surface area (Å²) in [5.74, 6) is 0.859. The summed E-state index contributed by atoms with van der Waals surface area (Å²) in [4.78, 5) is 33.4. The number of aryl methyl sites for hydroxylation is 1. The molecule has 1 fully saturated rings. The van der Waals surface area contributed by atoms with E-state index in [1.54, 1.807) is 18.2 Å². The van der Waals surface area contributed by atoms with Crippen molar-refractivity contribution in [1.82, 2.24) is 15.2 Å². The van der Waals surface area contributed by atoms with Crippen molar-refractivity contribution < 1.29 is 19.1 Å². The number of carbonyl (C=O) groups is 2. The highest BCUT2D eigenvalue weighted by molar-refractivity contribution is 7.14. The van der Waals surface area contributed by atoms with Gasteiger partial charge in [0.05, 0.1) is 18.0 Å². The highest BCUT2D eigenvalue weighted by Gasteiger charge is 2.29. The van der Waals surface area contributed by atoms with E-state index >= 15 is 0 Å². The number of carbonyl (C=O) groups excluding carboxylic acids is 2. The molecule has 0 saturated carbocycles. The Morgan fingerprint density at radius 3 is 2.48 bits per heavy atom. The first-order valence-electron chi connectivity index (χ1n) is 11.6. The maximum Gasteiger partial charge on any atom is 0.410 e. The number of nitrogens with zero attached hydrogens (tertiary/aromatic N) is 2. The fourth-order valence-electron chi connectivity index (χ4n) is 3.93. The molecule has 7 nitrogen and oxygen atoms in total. The summed E-state index contributed by atoms with van der Waals surface area (Å²) in [7, 11) is 1.59. The highest BCUT2D eigenvalue weighted by atomic mass is 32.1. The van der Waals surface area contributed by atoms with E-state index in [1.807, 2.05) is 45.0 Å². The van der Waals surface area contributed by atoms with Crippen molar-refractivity contribution in [2.45, 2.75) is 65.0 Å². The zero-order valence-electron chi connectivity index (χ0n) is 20.2. The summed E-state index contributed by atoms with van der Waals surface area (Å²) in [6.45, 7) is 9.04. The zero-order chi connectivity index (χ0) is 24.0. The summed E-state index contributed by atoms with van der Waals surface area (Å²) in [6.07, 6.45) is 4.96. The first-order chi connectivity index (χ1) is 15.7. The molecule has 180 valence electrons. The van der Waals surface area contributed by atoms with E-state index in [0.29, 0.717) is 24.9 Å². The van der Waals surface area contributed by atoms with Crippen LogP contribution in [0.2, 0.25) is 0 Å². The monoisotopic (exact) mass is 473 g/mol. The second-order valence-corrected chi connectivity index (χ2v) is 10.6. The molecule has 1 atom stereocenters. The minimum atomic E-state index is -0.496. The maximum atomic E-state index is 13.0. The Hall–Kier alpha value is -2.61. The number of piperidine rings is 1. The van der Waals surface area contributed by atoms with Crippen molar-refractivity contribution in [2.75, 3.05) is 20.2 Å². The molecule has 0 spiro atoms. The molecule has 1 aliphatic rings. The van der Waals surface area contributed by atoms with Crippen LogP contribution in [-0.4, -0.2) is 47.7 Å². The molecule has 3 heterocycles. The molecule has 2 amide bonds. The predicted molar refractivity (Wildman–Crippen MR) is 130 cm³/mol. The summed E-state index contributed by atoms with van der Waals surface area (Å²) in [5, 5.41) is 3.22. The number of thiophene rings is 1. The van der Waals surface area contributed by atoms with Crippen LogP contribution in [0.15, 0.2) is 30.5 Å². The maximum absolute atomic E-state index is 13.0.